The average Bonchev–Trinajstić information content (AvgIpc) is 2.33. The van der Waals surface area contributed by atoms with Gasteiger partial charge in [-0.15, -0.1) is 0 Å². The van der Waals surface area contributed by atoms with Gasteiger partial charge in [0.2, 0.25) is 0 Å². The molecule has 0 bridgehead atoms. The molecular formula is C10H20N2. The second kappa shape index (κ2) is 7.12. The van der Waals surface area contributed by atoms with E-state index >= 15 is 0 Å². The van der Waals surface area contributed by atoms with Crippen molar-refractivity contribution in [3.05, 3.63) is 0 Å². The van der Waals surface area contributed by atoms with Crippen molar-refractivity contribution < 1.29 is 0 Å². The lowest BCUT2D eigenvalue weighted by Gasteiger charge is -2.10. The number of nitrogens with zero attached hydrogens (tertiary/aromatic N) is 2. The van der Waals surface area contributed by atoms with Crippen LogP contribution in [0, 0.1) is 17.2 Å². The molecule has 1 rings (SSSR count). The maximum absolute atomic E-state index is 8.63. The van der Waals surface area contributed by atoms with E-state index in [9.17, 15) is 0 Å². The van der Waals surface area contributed by atoms with Gasteiger partial charge in [-0.3, -0.25) is 0 Å². The summed E-state index contributed by atoms with van der Waals surface area (Å²) in [7, 11) is 2.12. The summed E-state index contributed by atoms with van der Waals surface area (Å²) in [6.45, 7) is 6.26. The molecule has 0 aliphatic carbocycles. The zero-order valence-electron chi connectivity index (χ0n) is 8.51. The second-order valence-electron chi connectivity index (χ2n) is 3.06. The zero-order chi connectivity index (χ0) is 9.40. The maximum Gasteiger partial charge on any atom is 0.0656 e. The van der Waals surface area contributed by atoms with Gasteiger partial charge in [0.05, 0.1) is 6.07 Å². The third-order valence-corrected chi connectivity index (χ3v) is 2.13. The van der Waals surface area contributed by atoms with Crippen molar-refractivity contribution in [2.75, 3.05) is 20.1 Å². The highest BCUT2D eigenvalue weighted by molar-refractivity contribution is 4.84. The van der Waals surface area contributed by atoms with Gasteiger partial charge in [-0.1, -0.05) is 13.8 Å². The first-order chi connectivity index (χ1) is 5.83. The van der Waals surface area contributed by atoms with Gasteiger partial charge in [0.15, 0.2) is 0 Å². The normalized spacial score (nSPS) is 24.7. The van der Waals surface area contributed by atoms with Crippen LogP contribution in [0.5, 0.6) is 0 Å². The Kier molecular flexibility index (Phi) is 6.79. The Hall–Kier alpha value is -0.550. The molecule has 1 unspecified atom stereocenters. The standard InChI is InChI=1S/C8H14N2.C2H6/c1-10-5-2-3-8(7-9)4-6-10;1-2/h8H,2-6H2,1H3;1-2H3. The maximum atomic E-state index is 8.63. The summed E-state index contributed by atoms with van der Waals surface area (Å²) in [6.07, 6.45) is 3.35. The average molecular weight is 168 g/mol. The minimum absolute atomic E-state index is 0.324. The van der Waals surface area contributed by atoms with Crippen molar-refractivity contribution in [2.45, 2.75) is 33.1 Å². The lowest BCUT2D eigenvalue weighted by atomic mass is 10.0. The number of hydrogen-bond acceptors (Lipinski definition) is 2. The van der Waals surface area contributed by atoms with Crippen LogP contribution in [0.15, 0.2) is 0 Å². The van der Waals surface area contributed by atoms with Crippen molar-refractivity contribution in [3.63, 3.8) is 0 Å². The fourth-order valence-corrected chi connectivity index (χ4v) is 1.37. The molecular weight excluding hydrogens is 148 g/mol. The van der Waals surface area contributed by atoms with E-state index in [1.807, 2.05) is 13.8 Å². The minimum atomic E-state index is 0.324. The van der Waals surface area contributed by atoms with Crippen molar-refractivity contribution in [1.82, 2.24) is 4.90 Å². The van der Waals surface area contributed by atoms with Crippen LogP contribution >= 0.6 is 0 Å². The van der Waals surface area contributed by atoms with Crippen LogP contribution in [0.2, 0.25) is 0 Å². The van der Waals surface area contributed by atoms with Crippen LogP contribution in [0.25, 0.3) is 0 Å². The molecule has 0 saturated carbocycles. The molecule has 1 saturated heterocycles. The Morgan fingerprint density at radius 1 is 1.25 bits per heavy atom. The summed E-state index contributed by atoms with van der Waals surface area (Å²) >= 11 is 0. The Bertz CT molecular complexity index is 137. The second-order valence-corrected chi connectivity index (χ2v) is 3.06. The first kappa shape index (κ1) is 11.4. The van der Waals surface area contributed by atoms with Crippen LogP contribution in [-0.2, 0) is 0 Å². The fraction of sp³-hybridized carbons (Fsp3) is 0.900. The highest BCUT2D eigenvalue weighted by Gasteiger charge is 2.12. The molecule has 0 radical (unpaired) electrons. The molecule has 0 N–H and O–H groups in total. The third kappa shape index (κ3) is 4.35. The molecule has 1 atom stereocenters. The third-order valence-electron chi connectivity index (χ3n) is 2.13. The monoisotopic (exact) mass is 168 g/mol. The molecule has 1 aliphatic rings. The summed E-state index contributed by atoms with van der Waals surface area (Å²) in [5.74, 6) is 0.324. The molecule has 0 aromatic rings. The predicted molar refractivity (Wildman–Crippen MR) is 51.8 cm³/mol. The van der Waals surface area contributed by atoms with E-state index in [2.05, 4.69) is 18.0 Å². The van der Waals surface area contributed by atoms with Crippen LogP contribution in [0.4, 0.5) is 0 Å². The van der Waals surface area contributed by atoms with Gasteiger partial charge in [-0.25, -0.2) is 0 Å². The molecule has 12 heavy (non-hydrogen) atoms. The van der Waals surface area contributed by atoms with Crippen molar-refractivity contribution >= 4 is 0 Å². The van der Waals surface area contributed by atoms with E-state index in [1.54, 1.807) is 0 Å². The number of rotatable bonds is 0. The summed E-state index contributed by atoms with van der Waals surface area (Å²) in [5, 5.41) is 8.63. The van der Waals surface area contributed by atoms with Crippen LogP contribution in [0.3, 0.4) is 0 Å². The Balaban J connectivity index is 0.000000561. The molecule has 0 aromatic carbocycles. The van der Waals surface area contributed by atoms with E-state index in [1.165, 1.54) is 6.42 Å². The van der Waals surface area contributed by atoms with Gasteiger partial charge in [-0.2, -0.15) is 5.26 Å². The summed E-state index contributed by atoms with van der Waals surface area (Å²) in [6, 6.07) is 2.34. The summed E-state index contributed by atoms with van der Waals surface area (Å²) in [4.78, 5) is 2.30. The molecule has 70 valence electrons. The van der Waals surface area contributed by atoms with Gasteiger partial charge in [0, 0.05) is 5.92 Å². The van der Waals surface area contributed by atoms with Crippen molar-refractivity contribution in [3.8, 4) is 6.07 Å². The molecule has 2 heteroatoms. The fourth-order valence-electron chi connectivity index (χ4n) is 1.37. The quantitative estimate of drug-likeness (QED) is 0.555. The molecule has 0 amide bonds. The van der Waals surface area contributed by atoms with E-state index in [-0.39, 0.29) is 0 Å². The zero-order valence-corrected chi connectivity index (χ0v) is 8.51. The van der Waals surface area contributed by atoms with Gasteiger partial charge in [0.1, 0.15) is 0 Å². The van der Waals surface area contributed by atoms with E-state index in [0.717, 1.165) is 25.9 Å². The van der Waals surface area contributed by atoms with Gasteiger partial charge in [-0.05, 0) is 39.4 Å². The van der Waals surface area contributed by atoms with E-state index in [4.69, 9.17) is 5.26 Å². The van der Waals surface area contributed by atoms with Gasteiger partial charge < -0.3 is 4.90 Å². The Labute approximate surface area is 76.2 Å². The molecule has 1 fully saturated rings. The largest absolute Gasteiger partial charge is 0.306 e. The molecule has 0 spiro atoms. The van der Waals surface area contributed by atoms with Crippen LogP contribution in [-0.4, -0.2) is 25.0 Å². The Morgan fingerprint density at radius 3 is 2.50 bits per heavy atom. The first-order valence-corrected chi connectivity index (χ1v) is 4.91. The first-order valence-electron chi connectivity index (χ1n) is 4.91. The molecule has 1 aliphatic heterocycles. The minimum Gasteiger partial charge on any atom is -0.306 e. The summed E-state index contributed by atoms with van der Waals surface area (Å²) in [5.41, 5.74) is 0. The Morgan fingerprint density at radius 2 is 1.92 bits per heavy atom. The number of hydrogen-bond donors (Lipinski definition) is 0. The highest BCUT2D eigenvalue weighted by atomic mass is 15.1. The lowest BCUT2D eigenvalue weighted by Crippen LogP contribution is -2.18. The van der Waals surface area contributed by atoms with Crippen molar-refractivity contribution in [1.29, 1.82) is 5.26 Å². The van der Waals surface area contributed by atoms with E-state index in [0.29, 0.717) is 5.92 Å². The SMILES string of the molecule is CC.CN1CCCC(C#N)CC1. The molecule has 1 heterocycles. The molecule has 2 nitrogen and oxygen atoms in total. The summed E-state index contributed by atoms with van der Waals surface area (Å²) < 4.78 is 0. The van der Waals surface area contributed by atoms with Gasteiger partial charge in [0.25, 0.3) is 0 Å². The molecule has 0 aromatic heterocycles. The van der Waals surface area contributed by atoms with Crippen molar-refractivity contribution in [2.24, 2.45) is 5.92 Å². The van der Waals surface area contributed by atoms with Crippen LogP contribution in [0.1, 0.15) is 33.1 Å². The lowest BCUT2D eigenvalue weighted by molar-refractivity contribution is 0.346. The predicted octanol–water partition coefficient (Wildman–Crippen LogP) is 2.27. The van der Waals surface area contributed by atoms with Crippen LogP contribution < -0.4 is 0 Å². The number of nitriles is 1. The highest BCUT2D eigenvalue weighted by Crippen LogP contribution is 2.14. The topological polar surface area (TPSA) is 27.0 Å². The number of likely N-dealkylation sites (tertiary alicyclic amines) is 1. The smallest absolute Gasteiger partial charge is 0.0656 e. The van der Waals surface area contributed by atoms with Gasteiger partial charge >= 0.3 is 0 Å². The van der Waals surface area contributed by atoms with E-state index < -0.39 is 0 Å².